The first-order valence-corrected chi connectivity index (χ1v) is 5.99. The summed E-state index contributed by atoms with van der Waals surface area (Å²) in [6, 6.07) is -0.0843. The molecule has 0 radical (unpaired) electrons. The van der Waals surface area contributed by atoms with Crippen LogP contribution in [0.3, 0.4) is 0 Å². The molecular formula is C12H23N3O2. The van der Waals surface area contributed by atoms with Crippen LogP contribution in [0, 0.1) is 6.92 Å². The Kier molecular flexibility index (Phi) is 5.11. The number of aliphatic hydroxyl groups excluding tert-OH is 1. The van der Waals surface area contributed by atoms with Gasteiger partial charge in [-0.3, -0.25) is 0 Å². The lowest BCUT2D eigenvalue weighted by Crippen LogP contribution is -2.24. The van der Waals surface area contributed by atoms with Gasteiger partial charge in [-0.05, 0) is 27.7 Å². The zero-order valence-electron chi connectivity index (χ0n) is 11.1. The Morgan fingerprint density at radius 2 is 2.12 bits per heavy atom. The number of imidazole rings is 1. The lowest BCUT2D eigenvalue weighted by Gasteiger charge is -2.14. The Bertz CT molecular complexity index is 348. The molecule has 3 N–H and O–H groups in total. The minimum atomic E-state index is -0.522. The van der Waals surface area contributed by atoms with Gasteiger partial charge in [0.1, 0.15) is 5.82 Å². The van der Waals surface area contributed by atoms with Gasteiger partial charge in [0.25, 0.3) is 0 Å². The molecule has 1 aromatic heterocycles. The summed E-state index contributed by atoms with van der Waals surface area (Å²) in [6.45, 7) is 8.51. The van der Waals surface area contributed by atoms with Crippen LogP contribution in [0.5, 0.6) is 0 Å². The third kappa shape index (κ3) is 4.46. The fourth-order valence-electron chi connectivity index (χ4n) is 1.52. The monoisotopic (exact) mass is 241 g/mol. The summed E-state index contributed by atoms with van der Waals surface area (Å²) in [6.07, 6.45) is 1.50. The molecule has 17 heavy (non-hydrogen) atoms. The molecule has 2 atom stereocenters. The Morgan fingerprint density at radius 1 is 1.47 bits per heavy atom. The number of aliphatic hydroxyl groups is 1. The van der Waals surface area contributed by atoms with Crippen LogP contribution in [-0.4, -0.2) is 33.5 Å². The summed E-state index contributed by atoms with van der Waals surface area (Å²) in [5.74, 6) is 0.862. The van der Waals surface area contributed by atoms with Crippen LogP contribution in [0.25, 0.3) is 0 Å². The standard InChI is InChI=1S/C12H23N3O2/c1-8(2)17-7-11(16)5-15-6-12(9(3)13)14-10(15)4/h6,8-9,11,16H,5,7,13H2,1-4H3. The van der Waals surface area contributed by atoms with Crippen molar-refractivity contribution in [3.63, 3.8) is 0 Å². The fourth-order valence-corrected chi connectivity index (χ4v) is 1.52. The van der Waals surface area contributed by atoms with Crippen LogP contribution in [0.4, 0.5) is 0 Å². The van der Waals surface area contributed by atoms with E-state index in [0.717, 1.165) is 11.5 Å². The number of hydrogen-bond acceptors (Lipinski definition) is 4. The first-order chi connectivity index (χ1) is 7.90. The predicted octanol–water partition coefficient (Wildman–Crippen LogP) is 0.997. The van der Waals surface area contributed by atoms with E-state index in [1.807, 2.05) is 38.5 Å². The first kappa shape index (κ1) is 14.2. The maximum absolute atomic E-state index is 9.82. The average molecular weight is 241 g/mol. The van der Waals surface area contributed by atoms with E-state index in [0.29, 0.717) is 13.2 Å². The largest absolute Gasteiger partial charge is 0.389 e. The lowest BCUT2D eigenvalue weighted by molar-refractivity contribution is -0.000914. The molecule has 1 heterocycles. The van der Waals surface area contributed by atoms with Crippen LogP contribution < -0.4 is 5.73 Å². The van der Waals surface area contributed by atoms with E-state index in [9.17, 15) is 5.11 Å². The van der Waals surface area contributed by atoms with Gasteiger partial charge in [-0.2, -0.15) is 0 Å². The van der Waals surface area contributed by atoms with E-state index < -0.39 is 6.10 Å². The van der Waals surface area contributed by atoms with Gasteiger partial charge in [-0.15, -0.1) is 0 Å². The SMILES string of the molecule is Cc1nc(C(C)N)cn1CC(O)COC(C)C. The average Bonchev–Trinajstić information content (AvgIpc) is 2.58. The Morgan fingerprint density at radius 3 is 2.59 bits per heavy atom. The van der Waals surface area contributed by atoms with Crippen molar-refractivity contribution >= 4 is 0 Å². The van der Waals surface area contributed by atoms with Crippen LogP contribution in [0.2, 0.25) is 0 Å². The van der Waals surface area contributed by atoms with Crippen LogP contribution in [0.15, 0.2) is 6.20 Å². The molecule has 0 aromatic carbocycles. The maximum Gasteiger partial charge on any atom is 0.105 e. The van der Waals surface area contributed by atoms with Crippen molar-refractivity contribution < 1.29 is 9.84 Å². The van der Waals surface area contributed by atoms with Crippen molar-refractivity contribution in [2.24, 2.45) is 5.73 Å². The number of rotatable bonds is 6. The van der Waals surface area contributed by atoms with Crippen molar-refractivity contribution in [2.45, 2.75) is 52.5 Å². The molecule has 0 spiro atoms. The first-order valence-electron chi connectivity index (χ1n) is 5.99. The minimum Gasteiger partial charge on any atom is -0.389 e. The van der Waals surface area contributed by atoms with Crippen LogP contribution >= 0.6 is 0 Å². The lowest BCUT2D eigenvalue weighted by atomic mass is 10.3. The summed E-state index contributed by atoms with van der Waals surface area (Å²) >= 11 is 0. The van der Waals surface area contributed by atoms with E-state index >= 15 is 0 Å². The molecule has 1 aromatic rings. The highest BCUT2D eigenvalue weighted by atomic mass is 16.5. The minimum absolute atomic E-state index is 0.0843. The molecule has 0 fully saturated rings. The molecule has 0 saturated heterocycles. The number of nitrogens with two attached hydrogens (primary N) is 1. The summed E-state index contributed by atoms with van der Waals surface area (Å²) in [5.41, 5.74) is 6.61. The van der Waals surface area contributed by atoms with Crippen molar-refractivity contribution in [2.75, 3.05) is 6.61 Å². The van der Waals surface area contributed by atoms with E-state index in [1.54, 1.807) is 0 Å². The van der Waals surface area contributed by atoms with Gasteiger partial charge >= 0.3 is 0 Å². The quantitative estimate of drug-likeness (QED) is 0.779. The summed E-state index contributed by atoms with van der Waals surface area (Å²) < 4.78 is 7.27. The Balaban J connectivity index is 2.55. The number of aryl methyl sites for hydroxylation is 1. The smallest absolute Gasteiger partial charge is 0.105 e. The highest BCUT2D eigenvalue weighted by molar-refractivity contribution is 5.06. The zero-order valence-corrected chi connectivity index (χ0v) is 11.1. The normalized spacial score (nSPS) is 15.2. The molecule has 0 amide bonds. The highest BCUT2D eigenvalue weighted by Gasteiger charge is 2.12. The number of ether oxygens (including phenoxy) is 1. The van der Waals surface area contributed by atoms with Gasteiger partial charge in [-0.25, -0.2) is 4.98 Å². The molecule has 5 heteroatoms. The van der Waals surface area contributed by atoms with Crippen molar-refractivity contribution in [3.05, 3.63) is 17.7 Å². The number of aromatic nitrogens is 2. The van der Waals surface area contributed by atoms with Gasteiger partial charge < -0.3 is 20.1 Å². The van der Waals surface area contributed by atoms with Crippen molar-refractivity contribution in [3.8, 4) is 0 Å². The molecule has 98 valence electrons. The fraction of sp³-hybridized carbons (Fsp3) is 0.750. The molecule has 0 saturated carbocycles. The van der Waals surface area contributed by atoms with Crippen molar-refractivity contribution in [1.82, 2.24) is 9.55 Å². The molecular weight excluding hydrogens is 218 g/mol. The second-order valence-corrected chi connectivity index (χ2v) is 4.69. The van der Waals surface area contributed by atoms with E-state index in [1.165, 1.54) is 0 Å². The van der Waals surface area contributed by atoms with E-state index in [-0.39, 0.29) is 12.1 Å². The number of nitrogens with zero attached hydrogens (tertiary/aromatic N) is 2. The zero-order chi connectivity index (χ0) is 13.0. The predicted molar refractivity (Wildman–Crippen MR) is 66.7 cm³/mol. The second kappa shape index (κ2) is 6.14. The molecule has 0 aliphatic rings. The molecule has 0 aliphatic carbocycles. The number of hydrogen-bond donors (Lipinski definition) is 2. The van der Waals surface area contributed by atoms with E-state index in [2.05, 4.69) is 4.98 Å². The van der Waals surface area contributed by atoms with Crippen LogP contribution in [-0.2, 0) is 11.3 Å². The topological polar surface area (TPSA) is 73.3 Å². The molecule has 0 bridgehead atoms. The van der Waals surface area contributed by atoms with Gasteiger partial charge in [-0.1, -0.05) is 0 Å². The molecule has 1 rings (SSSR count). The van der Waals surface area contributed by atoms with E-state index in [4.69, 9.17) is 10.5 Å². The van der Waals surface area contributed by atoms with Gasteiger partial charge in [0, 0.05) is 12.2 Å². The molecule has 0 aliphatic heterocycles. The van der Waals surface area contributed by atoms with Gasteiger partial charge in [0.05, 0.1) is 31.1 Å². The van der Waals surface area contributed by atoms with Gasteiger partial charge in [0.15, 0.2) is 0 Å². The third-order valence-corrected chi connectivity index (χ3v) is 2.49. The van der Waals surface area contributed by atoms with Crippen LogP contribution in [0.1, 0.15) is 38.3 Å². The molecule has 5 nitrogen and oxygen atoms in total. The molecule has 2 unspecified atom stereocenters. The Labute approximate surface area is 103 Å². The highest BCUT2D eigenvalue weighted by Crippen LogP contribution is 2.10. The maximum atomic E-state index is 9.82. The van der Waals surface area contributed by atoms with Gasteiger partial charge in [0.2, 0.25) is 0 Å². The third-order valence-electron chi connectivity index (χ3n) is 2.49. The Hall–Kier alpha value is -0.910. The summed E-state index contributed by atoms with van der Waals surface area (Å²) in [7, 11) is 0. The van der Waals surface area contributed by atoms with Crippen molar-refractivity contribution in [1.29, 1.82) is 0 Å². The summed E-state index contributed by atoms with van der Waals surface area (Å²) in [4.78, 5) is 4.34. The summed E-state index contributed by atoms with van der Waals surface area (Å²) in [5, 5.41) is 9.82. The second-order valence-electron chi connectivity index (χ2n) is 4.69.